The molecule has 4 aliphatic rings. The zero-order chi connectivity index (χ0) is 30.2. The van der Waals surface area contributed by atoms with Crippen LogP contribution in [-0.4, -0.2) is 71.2 Å². The zero-order valence-corrected chi connectivity index (χ0v) is 26.1. The summed E-state index contributed by atoms with van der Waals surface area (Å²) in [5.41, 5.74) is 3.54. The number of hydrogen-bond acceptors (Lipinski definition) is 10. The highest BCUT2D eigenvalue weighted by Crippen LogP contribution is 2.55. The summed E-state index contributed by atoms with van der Waals surface area (Å²) >= 11 is 0. The lowest BCUT2D eigenvalue weighted by atomic mass is 9.69. The molecule has 0 aliphatic carbocycles. The molecule has 2 aromatic rings. The van der Waals surface area contributed by atoms with Crippen LogP contribution in [0.25, 0.3) is 0 Å². The zero-order valence-electron chi connectivity index (χ0n) is 26.1. The van der Waals surface area contributed by atoms with Gasteiger partial charge in [-0.3, -0.25) is 0 Å². The highest BCUT2D eigenvalue weighted by Gasteiger charge is 2.53. The Labute approximate surface area is 253 Å². The van der Waals surface area contributed by atoms with Crippen molar-refractivity contribution < 1.29 is 47.7 Å². The first-order chi connectivity index (χ1) is 20.5. The second-order valence-corrected chi connectivity index (χ2v) is 13.3. The summed E-state index contributed by atoms with van der Waals surface area (Å²) in [5.74, 6) is 2.23. The second-order valence-electron chi connectivity index (χ2n) is 13.3. The molecule has 4 aliphatic heterocycles. The number of rotatable bonds is 14. The Morgan fingerprint density at radius 3 is 1.86 bits per heavy atom. The van der Waals surface area contributed by atoms with E-state index in [1.54, 1.807) is 0 Å². The maximum absolute atomic E-state index is 6.78. The van der Waals surface area contributed by atoms with Crippen molar-refractivity contribution in [3.63, 3.8) is 0 Å². The predicted molar refractivity (Wildman–Crippen MR) is 156 cm³/mol. The normalized spacial score (nSPS) is 25.7. The number of epoxide rings is 2. The summed E-state index contributed by atoms with van der Waals surface area (Å²) in [7, 11) is 0. The van der Waals surface area contributed by atoms with Crippen LogP contribution in [0.15, 0.2) is 24.3 Å². The van der Waals surface area contributed by atoms with Gasteiger partial charge in [0.1, 0.15) is 36.1 Å². The number of aryl methyl sites for hydroxylation is 2. The van der Waals surface area contributed by atoms with Crippen molar-refractivity contribution in [1.82, 2.24) is 0 Å². The van der Waals surface area contributed by atoms with Crippen LogP contribution >= 0.6 is 0 Å². The number of ether oxygens (including phenoxy) is 8. The van der Waals surface area contributed by atoms with Crippen LogP contribution in [0.3, 0.4) is 0 Å². The third kappa shape index (κ3) is 7.21. The highest BCUT2D eigenvalue weighted by molar-refractivity contribution is 5.53. The molecular weight excluding hydrogens is 556 g/mol. The van der Waals surface area contributed by atoms with E-state index in [1.165, 1.54) is 0 Å². The lowest BCUT2D eigenvalue weighted by Crippen LogP contribution is -2.55. The van der Waals surface area contributed by atoms with Gasteiger partial charge >= 0.3 is 0 Å². The van der Waals surface area contributed by atoms with Crippen molar-refractivity contribution in [2.24, 2.45) is 0 Å². The van der Waals surface area contributed by atoms with E-state index >= 15 is 0 Å². The smallest absolute Gasteiger partial charge is 0.252 e. The lowest BCUT2D eigenvalue weighted by Gasteiger charge is -2.51. The summed E-state index contributed by atoms with van der Waals surface area (Å²) in [6.07, 6.45) is 1.80. The van der Waals surface area contributed by atoms with Crippen molar-refractivity contribution in [2.45, 2.75) is 83.2 Å². The third-order valence-electron chi connectivity index (χ3n) is 8.36. The molecule has 43 heavy (non-hydrogen) atoms. The maximum Gasteiger partial charge on any atom is 0.252 e. The molecule has 3 unspecified atom stereocenters. The summed E-state index contributed by atoms with van der Waals surface area (Å²) in [6.45, 7) is 16.6. The first-order valence-electron chi connectivity index (χ1n) is 15.1. The Morgan fingerprint density at radius 1 is 0.698 bits per heavy atom. The molecule has 2 fully saturated rings. The maximum atomic E-state index is 6.78. The van der Waals surface area contributed by atoms with Gasteiger partial charge in [-0.05, 0) is 49.2 Å². The number of hydrogen-bond donors (Lipinski definition) is 0. The predicted octanol–water partition coefficient (Wildman–Crippen LogP) is 5.27. The van der Waals surface area contributed by atoms with Crippen LogP contribution in [0.2, 0.25) is 0 Å². The summed E-state index contributed by atoms with van der Waals surface area (Å²) in [4.78, 5) is 11.1. The van der Waals surface area contributed by atoms with Crippen molar-refractivity contribution in [2.75, 3.05) is 53.2 Å². The summed E-state index contributed by atoms with van der Waals surface area (Å²) in [5, 5.41) is 0. The Kier molecular flexibility index (Phi) is 8.54. The van der Waals surface area contributed by atoms with Gasteiger partial charge in [0.2, 0.25) is 0 Å². The van der Waals surface area contributed by atoms with E-state index in [1.807, 2.05) is 32.0 Å². The first kappa shape index (κ1) is 30.4. The molecule has 2 saturated heterocycles. The summed E-state index contributed by atoms with van der Waals surface area (Å²) < 4.78 is 46.3. The minimum absolute atomic E-state index is 0.101. The fourth-order valence-electron chi connectivity index (χ4n) is 6.08. The van der Waals surface area contributed by atoms with Crippen molar-refractivity contribution in [3.05, 3.63) is 46.5 Å². The standard InChI is InChI=1S/C33H44O10/c1-21-9-29-25(11-27(21)39-20-36-19-35-14-24-16-38-24)31(3,4)17-33(41-29)18-32(5,6)26-12-28(22(2)10-30(26)42-33)43-40-8-7-34-13-23-15-37-23/h9-12,23-24H,7-8,13-20H2,1-6H3. The fraction of sp³-hybridized carbons (Fsp3) is 0.636. The highest BCUT2D eigenvalue weighted by atomic mass is 17.2. The lowest BCUT2D eigenvalue weighted by molar-refractivity contribution is -0.215. The van der Waals surface area contributed by atoms with E-state index in [4.69, 9.17) is 47.7 Å². The van der Waals surface area contributed by atoms with Crippen molar-refractivity contribution in [1.29, 1.82) is 0 Å². The number of benzene rings is 2. The molecule has 2 aromatic carbocycles. The molecule has 0 saturated carbocycles. The van der Waals surface area contributed by atoms with Crippen LogP contribution in [0.4, 0.5) is 0 Å². The Balaban J connectivity index is 1.12. The Bertz CT molecular complexity index is 1200. The van der Waals surface area contributed by atoms with Gasteiger partial charge in [-0.25, -0.2) is 0 Å². The average Bonchev–Trinajstić information content (AvgIpc) is 3.84. The largest absolute Gasteiger partial charge is 0.467 e. The molecule has 3 atom stereocenters. The van der Waals surface area contributed by atoms with E-state index in [0.29, 0.717) is 45.0 Å². The van der Waals surface area contributed by atoms with E-state index < -0.39 is 5.79 Å². The fourth-order valence-corrected chi connectivity index (χ4v) is 6.08. The molecule has 0 bridgehead atoms. The van der Waals surface area contributed by atoms with Gasteiger partial charge in [0.05, 0.1) is 33.0 Å². The number of fused-ring (bicyclic) bond motifs is 2. The Hall–Kier alpha value is -2.60. The molecule has 236 valence electrons. The van der Waals surface area contributed by atoms with Gasteiger partial charge in [0.25, 0.3) is 5.79 Å². The second kappa shape index (κ2) is 12.1. The SMILES string of the molecule is Cc1cc2c(cc1OCOCOCC1CO1)C(C)(C)CC1(CC(C)(C)c3cc(OOCCOCC4CO4)c(C)cc3O1)O2. The minimum atomic E-state index is -0.818. The van der Waals surface area contributed by atoms with E-state index in [2.05, 4.69) is 33.8 Å². The van der Waals surface area contributed by atoms with Crippen LogP contribution < -0.4 is 19.1 Å². The Morgan fingerprint density at radius 2 is 1.26 bits per heavy atom. The van der Waals surface area contributed by atoms with Gasteiger partial charge in [0.15, 0.2) is 19.3 Å². The van der Waals surface area contributed by atoms with Gasteiger partial charge in [-0.2, -0.15) is 4.89 Å². The van der Waals surface area contributed by atoms with Crippen LogP contribution in [0.5, 0.6) is 23.0 Å². The molecule has 0 amide bonds. The van der Waals surface area contributed by atoms with E-state index in [-0.39, 0.29) is 36.6 Å². The quantitative estimate of drug-likeness (QED) is 0.0938. The van der Waals surface area contributed by atoms with Crippen LogP contribution in [-0.2, 0) is 39.4 Å². The average molecular weight is 601 g/mol. The molecular formula is C33H44O10. The molecule has 10 heteroatoms. The minimum Gasteiger partial charge on any atom is -0.467 e. The molecule has 4 heterocycles. The monoisotopic (exact) mass is 600 g/mol. The molecule has 6 rings (SSSR count). The summed E-state index contributed by atoms with van der Waals surface area (Å²) in [6, 6.07) is 8.16. The van der Waals surface area contributed by atoms with Gasteiger partial charge < -0.3 is 42.8 Å². The van der Waals surface area contributed by atoms with Gasteiger partial charge in [-0.15, -0.1) is 0 Å². The van der Waals surface area contributed by atoms with Crippen molar-refractivity contribution in [3.8, 4) is 23.0 Å². The van der Waals surface area contributed by atoms with Crippen molar-refractivity contribution >= 4 is 0 Å². The molecule has 0 N–H and O–H groups in total. The molecule has 0 aromatic heterocycles. The van der Waals surface area contributed by atoms with Crippen LogP contribution in [0.1, 0.15) is 62.8 Å². The molecule has 1 spiro atoms. The van der Waals surface area contributed by atoms with E-state index in [0.717, 1.165) is 52.7 Å². The van der Waals surface area contributed by atoms with Gasteiger partial charge in [0, 0.05) is 34.8 Å². The van der Waals surface area contributed by atoms with Crippen LogP contribution in [0, 0.1) is 13.8 Å². The topological polar surface area (TPSA) is 98.9 Å². The van der Waals surface area contributed by atoms with Gasteiger partial charge in [-0.1, -0.05) is 27.7 Å². The first-order valence-corrected chi connectivity index (χ1v) is 15.1. The third-order valence-corrected chi connectivity index (χ3v) is 8.36. The molecule has 10 nitrogen and oxygen atoms in total. The van der Waals surface area contributed by atoms with E-state index in [9.17, 15) is 0 Å². The molecule has 0 radical (unpaired) electrons.